The van der Waals surface area contributed by atoms with Gasteiger partial charge in [0.2, 0.25) is 0 Å². The maximum absolute atomic E-state index is 13.0. The second-order valence-electron chi connectivity index (χ2n) is 9.31. The highest BCUT2D eigenvalue weighted by molar-refractivity contribution is 6.29. The lowest BCUT2D eigenvalue weighted by Gasteiger charge is -2.39. The number of nitrogens with zero attached hydrogens (tertiary/aromatic N) is 3. The third kappa shape index (κ3) is 6.34. The molecule has 1 aliphatic rings. The minimum atomic E-state index is -4.66. The van der Waals surface area contributed by atoms with Crippen molar-refractivity contribution in [1.29, 1.82) is 0 Å². The molecule has 1 aliphatic heterocycles. The molecule has 3 heterocycles. The van der Waals surface area contributed by atoms with Gasteiger partial charge in [0, 0.05) is 43.4 Å². The summed E-state index contributed by atoms with van der Waals surface area (Å²) in [5.74, 6) is -0.0605. The lowest BCUT2D eigenvalue weighted by Crippen LogP contribution is -2.46. The number of carbonyl (C=O) groups excluding carboxylic acids is 2. The monoisotopic (exact) mass is 547 g/mol. The molecule has 0 unspecified atom stereocenters. The number of nitrogens with two attached hydrogens (primary N) is 1. The molecule has 0 spiro atoms. The van der Waals surface area contributed by atoms with Crippen LogP contribution in [0.15, 0.2) is 48.7 Å². The first-order valence-corrected chi connectivity index (χ1v) is 12.1. The zero-order valence-electron chi connectivity index (χ0n) is 20.6. The zero-order chi connectivity index (χ0) is 27.7. The van der Waals surface area contributed by atoms with Gasteiger partial charge in [0.1, 0.15) is 22.3 Å². The van der Waals surface area contributed by atoms with Crippen molar-refractivity contribution in [2.75, 3.05) is 23.3 Å². The van der Waals surface area contributed by atoms with Crippen LogP contribution in [0.2, 0.25) is 5.15 Å². The van der Waals surface area contributed by atoms with E-state index in [0.717, 1.165) is 22.9 Å². The first-order valence-electron chi connectivity index (χ1n) is 11.7. The maximum Gasteiger partial charge on any atom is 0.433 e. The Bertz CT molecular complexity index is 1370. The molecule has 3 N–H and O–H groups in total. The number of halogens is 4. The van der Waals surface area contributed by atoms with Gasteiger partial charge < -0.3 is 20.7 Å². The van der Waals surface area contributed by atoms with Gasteiger partial charge in [-0.2, -0.15) is 13.2 Å². The minimum absolute atomic E-state index is 0.166. The Hall–Kier alpha value is -3.86. The second kappa shape index (κ2) is 10.5. The van der Waals surface area contributed by atoms with Gasteiger partial charge in [-0.25, -0.2) is 9.78 Å². The standard InChI is InChI=1S/C26H25ClF3N5O3/c1-15-3-4-18(33-23(36)16-5-8-32-20(11-16)26(28,29)30)14-19(15)17-12-21(27)34-22(13-17)35-9-6-25(2,7-10-35)38-24(31)37/h3-5,8,11-14H,6-7,9-10H2,1-2H3,(H2,31,37)(H,33,36). The molecule has 0 saturated carbocycles. The Kier molecular flexibility index (Phi) is 7.50. The number of pyridine rings is 2. The van der Waals surface area contributed by atoms with Gasteiger partial charge in [-0.15, -0.1) is 0 Å². The zero-order valence-corrected chi connectivity index (χ0v) is 21.4. The van der Waals surface area contributed by atoms with Gasteiger partial charge >= 0.3 is 12.3 Å². The molecule has 2 amide bonds. The van der Waals surface area contributed by atoms with Crippen molar-refractivity contribution >= 4 is 35.1 Å². The van der Waals surface area contributed by atoms with Crippen LogP contribution in [-0.4, -0.2) is 40.7 Å². The van der Waals surface area contributed by atoms with Crippen molar-refractivity contribution in [3.63, 3.8) is 0 Å². The van der Waals surface area contributed by atoms with Gasteiger partial charge in [-0.1, -0.05) is 17.7 Å². The average molecular weight is 548 g/mol. The molecule has 4 rings (SSSR count). The first kappa shape index (κ1) is 27.2. The molecule has 1 aromatic carbocycles. The number of benzene rings is 1. The molecule has 0 radical (unpaired) electrons. The molecule has 0 aliphatic carbocycles. The van der Waals surface area contributed by atoms with E-state index in [9.17, 15) is 22.8 Å². The molecule has 2 aromatic heterocycles. The molecule has 38 heavy (non-hydrogen) atoms. The number of ether oxygens (including phenoxy) is 1. The van der Waals surface area contributed by atoms with Crippen LogP contribution in [-0.2, 0) is 10.9 Å². The third-order valence-corrected chi connectivity index (χ3v) is 6.59. The van der Waals surface area contributed by atoms with Gasteiger partial charge in [0.15, 0.2) is 0 Å². The van der Waals surface area contributed by atoms with Crippen LogP contribution < -0.4 is 16.0 Å². The fourth-order valence-electron chi connectivity index (χ4n) is 4.30. The largest absolute Gasteiger partial charge is 0.443 e. The summed E-state index contributed by atoms with van der Waals surface area (Å²) in [5, 5.41) is 2.91. The van der Waals surface area contributed by atoms with E-state index in [0.29, 0.717) is 43.5 Å². The summed E-state index contributed by atoms with van der Waals surface area (Å²) in [7, 11) is 0. The van der Waals surface area contributed by atoms with Crippen molar-refractivity contribution in [3.05, 3.63) is 70.6 Å². The molecule has 3 aromatic rings. The van der Waals surface area contributed by atoms with E-state index in [2.05, 4.69) is 15.3 Å². The Morgan fingerprint density at radius 3 is 2.50 bits per heavy atom. The summed E-state index contributed by atoms with van der Waals surface area (Å²) >= 11 is 6.36. The van der Waals surface area contributed by atoms with E-state index in [1.807, 2.05) is 24.8 Å². The van der Waals surface area contributed by atoms with Crippen LogP contribution in [0.3, 0.4) is 0 Å². The molecule has 1 saturated heterocycles. The SMILES string of the molecule is Cc1ccc(NC(=O)c2ccnc(C(F)(F)F)c2)cc1-c1cc(Cl)nc(N2CCC(C)(OC(N)=O)CC2)c1. The number of primary amides is 1. The molecular weight excluding hydrogens is 523 g/mol. The number of amides is 2. The van der Waals surface area contributed by atoms with Gasteiger partial charge in [-0.05, 0) is 66.9 Å². The molecular formula is C26H25ClF3N5O3. The lowest BCUT2D eigenvalue weighted by atomic mass is 9.93. The molecule has 8 nitrogen and oxygen atoms in total. The summed E-state index contributed by atoms with van der Waals surface area (Å²) in [4.78, 5) is 33.7. The van der Waals surface area contributed by atoms with E-state index >= 15 is 0 Å². The van der Waals surface area contributed by atoms with Crippen LogP contribution in [0.1, 0.15) is 41.4 Å². The van der Waals surface area contributed by atoms with Crippen LogP contribution >= 0.6 is 11.6 Å². The molecule has 1 fully saturated rings. The number of piperidine rings is 1. The number of aryl methyl sites for hydroxylation is 1. The summed E-state index contributed by atoms with van der Waals surface area (Å²) < 4.78 is 44.2. The number of nitrogens with one attached hydrogen (secondary N) is 1. The van der Waals surface area contributed by atoms with Gasteiger partial charge in [-0.3, -0.25) is 9.78 Å². The molecule has 200 valence electrons. The summed E-state index contributed by atoms with van der Waals surface area (Å²) in [6.45, 7) is 4.86. The van der Waals surface area contributed by atoms with Crippen molar-refractivity contribution in [2.45, 2.75) is 38.5 Å². The quantitative estimate of drug-likeness (QED) is 0.389. The van der Waals surface area contributed by atoms with E-state index < -0.39 is 29.5 Å². The fourth-order valence-corrected chi connectivity index (χ4v) is 4.50. The Labute approximate surface area is 222 Å². The van der Waals surface area contributed by atoms with E-state index in [1.165, 1.54) is 6.07 Å². The Morgan fingerprint density at radius 2 is 1.84 bits per heavy atom. The minimum Gasteiger partial charge on any atom is -0.443 e. The normalized spacial score (nSPS) is 15.2. The van der Waals surface area contributed by atoms with Gasteiger partial charge in [0.25, 0.3) is 5.91 Å². The lowest BCUT2D eigenvalue weighted by molar-refractivity contribution is -0.141. The number of anilines is 2. The van der Waals surface area contributed by atoms with Crippen LogP contribution in [0.5, 0.6) is 0 Å². The van der Waals surface area contributed by atoms with Crippen molar-refractivity contribution in [3.8, 4) is 11.1 Å². The number of alkyl halides is 3. The van der Waals surface area contributed by atoms with E-state index in [4.69, 9.17) is 22.1 Å². The maximum atomic E-state index is 13.0. The van der Waals surface area contributed by atoms with Crippen LogP contribution in [0.25, 0.3) is 11.1 Å². The Balaban J connectivity index is 1.56. The van der Waals surface area contributed by atoms with E-state index in [-0.39, 0.29) is 10.7 Å². The summed E-state index contributed by atoms with van der Waals surface area (Å²) in [6, 6.07) is 10.7. The van der Waals surface area contributed by atoms with Crippen LogP contribution in [0, 0.1) is 6.92 Å². The highest BCUT2D eigenvalue weighted by Crippen LogP contribution is 2.34. The van der Waals surface area contributed by atoms with Crippen LogP contribution in [0.4, 0.5) is 29.5 Å². The first-order chi connectivity index (χ1) is 17.8. The van der Waals surface area contributed by atoms with Crippen molar-refractivity contribution in [1.82, 2.24) is 9.97 Å². The fraction of sp³-hybridized carbons (Fsp3) is 0.308. The average Bonchev–Trinajstić information content (AvgIpc) is 2.84. The smallest absolute Gasteiger partial charge is 0.433 e. The number of rotatable bonds is 5. The topological polar surface area (TPSA) is 110 Å². The highest BCUT2D eigenvalue weighted by atomic mass is 35.5. The summed E-state index contributed by atoms with van der Waals surface area (Å²) in [5.41, 5.74) is 6.03. The predicted octanol–water partition coefficient (Wildman–Crippen LogP) is 5.83. The second-order valence-corrected chi connectivity index (χ2v) is 9.69. The van der Waals surface area contributed by atoms with Crippen molar-refractivity contribution in [2.24, 2.45) is 5.73 Å². The summed E-state index contributed by atoms with van der Waals surface area (Å²) in [6.07, 6.45) is -3.40. The van der Waals surface area contributed by atoms with Crippen molar-refractivity contribution < 1.29 is 27.5 Å². The van der Waals surface area contributed by atoms with Gasteiger partial charge in [0.05, 0.1) is 0 Å². The highest BCUT2D eigenvalue weighted by Gasteiger charge is 2.34. The molecule has 0 bridgehead atoms. The van der Waals surface area contributed by atoms with E-state index in [1.54, 1.807) is 24.3 Å². The third-order valence-electron chi connectivity index (χ3n) is 6.39. The number of carbonyl (C=O) groups is 2. The number of aromatic nitrogens is 2. The number of hydrogen-bond donors (Lipinski definition) is 2. The predicted molar refractivity (Wildman–Crippen MR) is 137 cm³/mol. The number of hydrogen-bond acceptors (Lipinski definition) is 6. The molecule has 0 atom stereocenters. The Morgan fingerprint density at radius 1 is 1.13 bits per heavy atom. The molecule has 12 heteroatoms.